The largest absolute Gasteiger partial charge is 0.573 e. The number of hydrogen-bond acceptors (Lipinski definition) is 9. The second kappa shape index (κ2) is 12.8. The van der Waals surface area contributed by atoms with E-state index < -0.39 is 29.9 Å². The Hall–Kier alpha value is -4.17. The van der Waals surface area contributed by atoms with Crippen molar-refractivity contribution in [3.63, 3.8) is 0 Å². The number of aromatic nitrogens is 2. The van der Waals surface area contributed by atoms with E-state index in [1.54, 1.807) is 19.2 Å². The minimum Gasteiger partial charge on any atom is -0.497 e. The lowest BCUT2D eigenvalue weighted by atomic mass is 10.1. The van der Waals surface area contributed by atoms with Gasteiger partial charge in [-0.2, -0.15) is 4.98 Å². The second-order valence-electron chi connectivity index (χ2n) is 8.54. The van der Waals surface area contributed by atoms with Gasteiger partial charge in [0.05, 0.1) is 32.9 Å². The molecule has 1 fully saturated rings. The third-order valence-corrected chi connectivity index (χ3v) is 5.67. The number of carbonyl (C=O) groups excluding carboxylic acids is 1. The van der Waals surface area contributed by atoms with Crippen molar-refractivity contribution >= 4 is 11.9 Å². The van der Waals surface area contributed by atoms with Crippen LogP contribution in [-0.2, 0) is 16.2 Å². The summed E-state index contributed by atoms with van der Waals surface area (Å²) in [5.74, 6) is -2.04. The molecule has 0 radical (unpaired) electrons. The van der Waals surface area contributed by atoms with Crippen LogP contribution in [0, 0.1) is 5.82 Å². The highest BCUT2D eigenvalue weighted by Crippen LogP contribution is 2.28. The lowest BCUT2D eigenvalue weighted by Gasteiger charge is -2.20. The van der Waals surface area contributed by atoms with Crippen LogP contribution >= 0.6 is 0 Å². The molecule has 10 nitrogen and oxygen atoms in total. The summed E-state index contributed by atoms with van der Waals surface area (Å²) in [5.41, 5.74) is 0.892. The number of carbonyl (C=O) groups is 1. The van der Waals surface area contributed by atoms with Crippen LogP contribution < -0.4 is 24.6 Å². The van der Waals surface area contributed by atoms with Crippen LogP contribution in [0.25, 0.3) is 0 Å². The topological polar surface area (TPSA) is 104 Å². The van der Waals surface area contributed by atoms with Crippen LogP contribution in [-0.4, -0.2) is 56.2 Å². The zero-order valence-electron chi connectivity index (χ0n) is 21.5. The average Bonchev–Trinajstić information content (AvgIpc) is 3.47. The van der Waals surface area contributed by atoms with Crippen molar-refractivity contribution in [1.29, 1.82) is 0 Å². The van der Waals surface area contributed by atoms with Crippen LogP contribution in [0.3, 0.4) is 0 Å². The maximum absolute atomic E-state index is 14.3. The van der Waals surface area contributed by atoms with E-state index in [0.717, 1.165) is 24.1 Å². The Kier molecular flexibility index (Phi) is 9.22. The summed E-state index contributed by atoms with van der Waals surface area (Å²) >= 11 is 0. The van der Waals surface area contributed by atoms with Crippen LogP contribution in [0.2, 0.25) is 0 Å². The third-order valence-electron chi connectivity index (χ3n) is 5.67. The molecule has 0 spiro atoms. The standard InChI is InChI=1S/C26H26F4N4O6/c1-36-15-21(17-6-9-22(19(27)12-17)40-26(28,29)30)31-24(35)20-13-23(33-25(32-20)34-10-3-11-39-34)38-14-16-4-7-18(37-2)8-5-16/h4-9,12-13,21H,3,10-11,14-15H2,1-2H3,(H,31,35)/t21-/m1/s1. The van der Waals surface area contributed by atoms with Gasteiger partial charge in [-0.15, -0.1) is 13.2 Å². The molecule has 2 heterocycles. The van der Waals surface area contributed by atoms with Gasteiger partial charge in [0.1, 0.15) is 18.1 Å². The molecule has 0 saturated carbocycles. The molecule has 214 valence electrons. The first-order valence-electron chi connectivity index (χ1n) is 12.1. The van der Waals surface area contributed by atoms with Crippen molar-refractivity contribution in [2.45, 2.75) is 25.4 Å². The molecule has 1 aromatic heterocycles. The van der Waals surface area contributed by atoms with Gasteiger partial charge in [0, 0.05) is 13.2 Å². The maximum atomic E-state index is 14.3. The van der Waals surface area contributed by atoms with E-state index in [2.05, 4.69) is 20.0 Å². The Labute approximate surface area is 226 Å². The van der Waals surface area contributed by atoms with Crippen LogP contribution in [0.1, 0.15) is 34.1 Å². The van der Waals surface area contributed by atoms with Gasteiger partial charge >= 0.3 is 6.36 Å². The zero-order valence-corrected chi connectivity index (χ0v) is 21.5. The molecule has 14 heteroatoms. The first kappa shape index (κ1) is 28.8. The molecule has 1 N–H and O–H groups in total. The normalized spacial score (nSPS) is 14.1. The Balaban J connectivity index is 1.55. The molecule has 3 aromatic rings. The number of anilines is 1. The van der Waals surface area contributed by atoms with E-state index in [0.29, 0.717) is 18.9 Å². The second-order valence-corrected chi connectivity index (χ2v) is 8.54. The fourth-order valence-electron chi connectivity index (χ4n) is 3.76. The molecule has 0 aliphatic carbocycles. The number of hydrogen-bond donors (Lipinski definition) is 1. The van der Waals surface area contributed by atoms with E-state index in [-0.39, 0.29) is 36.3 Å². The Morgan fingerprint density at radius 2 is 1.90 bits per heavy atom. The van der Waals surface area contributed by atoms with Crippen molar-refractivity contribution in [1.82, 2.24) is 15.3 Å². The highest BCUT2D eigenvalue weighted by atomic mass is 19.4. The van der Waals surface area contributed by atoms with E-state index in [1.807, 2.05) is 12.1 Å². The Bertz CT molecular complexity index is 1300. The number of alkyl halides is 3. The first-order chi connectivity index (χ1) is 19.1. The van der Waals surface area contributed by atoms with Gasteiger partial charge in [0.15, 0.2) is 11.6 Å². The third kappa shape index (κ3) is 7.70. The molecule has 1 amide bonds. The summed E-state index contributed by atoms with van der Waals surface area (Å²) in [6, 6.07) is 10.4. The highest BCUT2D eigenvalue weighted by molar-refractivity contribution is 5.93. The molecular weight excluding hydrogens is 540 g/mol. The molecule has 1 aliphatic heterocycles. The predicted octanol–water partition coefficient (Wildman–Crippen LogP) is 4.36. The quantitative estimate of drug-likeness (QED) is 0.339. The first-order valence-corrected chi connectivity index (χ1v) is 12.1. The maximum Gasteiger partial charge on any atom is 0.573 e. The number of hydroxylamine groups is 1. The van der Waals surface area contributed by atoms with Crippen molar-refractivity contribution in [3.05, 3.63) is 71.2 Å². The van der Waals surface area contributed by atoms with Crippen LogP contribution in [0.15, 0.2) is 48.5 Å². The van der Waals surface area contributed by atoms with E-state index in [1.165, 1.54) is 24.3 Å². The predicted molar refractivity (Wildman–Crippen MR) is 132 cm³/mol. The van der Waals surface area contributed by atoms with Crippen molar-refractivity contribution < 1.29 is 46.1 Å². The number of nitrogens with zero attached hydrogens (tertiary/aromatic N) is 3. The molecule has 0 unspecified atom stereocenters. The fourth-order valence-corrected chi connectivity index (χ4v) is 3.76. The summed E-state index contributed by atoms with van der Waals surface area (Å²) in [4.78, 5) is 27.4. The minimum absolute atomic E-state index is 0.0798. The smallest absolute Gasteiger partial charge is 0.497 e. The fraction of sp³-hybridized carbons (Fsp3) is 0.346. The van der Waals surface area contributed by atoms with E-state index in [4.69, 9.17) is 19.0 Å². The summed E-state index contributed by atoms with van der Waals surface area (Å²) < 4.78 is 71.7. The summed E-state index contributed by atoms with van der Waals surface area (Å²) in [7, 11) is 2.92. The zero-order chi connectivity index (χ0) is 28.7. The number of methoxy groups -OCH3 is 2. The molecule has 4 rings (SSSR count). The van der Waals surface area contributed by atoms with Crippen molar-refractivity contribution in [3.8, 4) is 17.4 Å². The molecule has 40 heavy (non-hydrogen) atoms. The van der Waals surface area contributed by atoms with Crippen molar-refractivity contribution in [2.24, 2.45) is 0 Å². The highest BCUT2D eigenvalue weighted by Gasteiger charge is 2.32. The SMILES string of the molecule is COC[C@@H](NC(=O)c1cc(OCc2ccc(OC)cc2)nc(N2CCCO2)n1)c1ccc(OC(F)(F)F)c(F)c1. The van der Waals surface area contributed by atoms with Gasteiger partial charge in [-0.05, 0) is 41.8 Å². The van der Waals surface area contributed by atoms with Crippen molar-refractivity contribution in [2.75, 3.05) is 39.0 Å². The molecule has 1 saturated heterocycles. The van der Waals surface area contributed by atoms with Gasteiger partial charge in [-0.3, -0.25) is 9.63 Å². The minimum atomic E-state index is -5.06. The van der Waals surface area contributed by atoms with Gasteiger partial charge in [0.2, 0.25) is 5.88 Å². The molecule has 1 atom stereocenters. The lowest BCUT2D eigenvalue weighted by Crippen LogP contribution is -2.32. The number of nitrogens with one attached hydrogen (secondary N) is 1. The monoisotopic (exact) mass is 566 g/mol. The number of ether oxygens (including phenoxy) is 4. The Morgan fingerprint density at radius 1 is 1.12 bits per heavy atom. The average molecular weight is 567 g/mol. The van der Waals surface area contributed by atoms with Crippen LogP contribution in [0.4, 0.5) is 23.5 Å². The number of halogens is 4. The molecular formula is C26H26F4N4O6. The van der Waals surface area contributed by atoms with Gasteiger partial charge in [0.25, 0.3) is 11.9 Å². The number of benzene rings is 2. The van der Waals surface area contributed by atoms with Gasteiger partial charge < -0.3 is 24.3 Å². The van der Waals surface area contributed by atoms with E-state index >= 15 is 0 Å². The molecule has 1 aliphatic rings. The molecule has 2 aromatic carbocycles. The van der Waals surface area contributed by atoms with E-state index in [9.17, 15) is 22.4 Å². The van der Waals surface area contributed by atoms with Crippen LogP contribution in [0.5, 0.6) is 17.4 Å². The Morgan fingerprint density at radius 3 is 2.52 bits per heavy atom. The number of amides is 1. The number of rotatable bonds is 11. The summed E-state index contributed by atoms with van der Waals surface area (Å²) in [6.45, 7) is 0.983. The van der Waals surface area contributed by atoms with Gasteiger partial charge in [-0.1, -0.05) is 18.2 Å². The van der Waals surface area contributed by atoms with Gasteiger partial charge in [-0.25, -0.2) is 14.4 Å². The molecule has 0 bridgehead atoms. The summed E-state index contributed by atoms with van der Waals surface area (Å²) in [6.07, 6.45) is -4.32. The lowest BCUT2D eigenvalue weighted by molar-refractivity contribution is -0.275. The summed E-state index contributed by atoms with van der Waals surface area (Å²) in [5, 5.41) is 4.11.